The van der Waals surface area contributed by atoms with E-state index in [1.54, 1.807) is 0 Å². The molecule has 5 heteroatoms. The van der Waals surface area contributed by atoms with Crippen molar-refractivity contribution in [3.63, 3.8) is 0 Å². The quantitative estimate of drug-likeness (QED) is 0.868. The van der Waals surface area contributed by atoms with E-state index < -0.39 is 0 Å². The van der Waals surface area contributed by atoms with Crippen molar-refractivity contribution in [3.05, 3.63) is 42.0 Å². The molecular weight excluding hydrogens is 274 g/mol. The van der Waals surface area contributed by atoms with Crippen LogP contribution in [0.3, 0.4) is 0 Å². The van der Waals surface area contributed by atoms with E-state index in [-0.39, 0.29) is 0 Å². The standard InChI is InChI=1S/C17H25N5/c1-3-22-14-16(12-19-22)13-20-7-4-8-21(10-9-20)17-5-6-18-15(2)11-17/h5-6,11-12,14H,3-4,7-10,13H2,1-2H3. The minimum atomic E-state index is 0.940. The van der Waals surface area contributed by atoms with Gasteiger partial charge in [0.15, 0.2) is 0 Å². The van der Waals surface area contributed by atoms with Gasteiger partial charge in [-0.15, -0.1) is 0 Å². The van der Waals surface area contributed by atoms with Gasteiger partial charge in [-0.05, 0) is 32.4 Å². The van der Waals surface area contributed by atoms with Crippen LogP contribution in [0.4, 0.5) is 5.69 Å². The summed E-state index contributed by atoms with van der Waals surface area (Å²) in [5.74, 6) is 0. The summed E-state index contributed by atoms with van der Waals surface area (Å²) in [5.41, 5.74) is 3.70. The van der Waals surface area contributed by atoms with Gasteiger partial charge in [-0.1, -0.05) is 0 Å². The number of aryl methyl sites for hydroxylation is 2. The fourth-order valence-electron chi connectivity index (χ4n) is 3.03. The molecule has 2 aromatic heterocycles. The SMILES string of the molecule is CCn1cc(CN2CCCN(c3ccnc(C)c3)CC2)cn1. The van der Waals surface area contributed by atoms with Crippen LogP contribution in [0, 0.1) is 6.92 Å². The number of anilines is 1. The molecule has 3 heterocycles. The normalized spacial score (nSPS) is 16.7. The van der Waals surface area contributed by atoms with Gasteiger partial charge in [0.05, 0.1) is 6.20 Å². The Morgan fingerprint density at radius 1 is 1.18 bits per heavy atom. The maximum Gasteiger partial charge on any atom is 0.0534 e. The molecule has 0 radical (unpaired) electrons. The topological polar surface area (TPSA) is 37.2 Å². The van der Waals surface area contributed by atoms with E-state index >= 15 is 0 Å². The molecule has 0 aromatic carbocycles. The van der Waals surface area contributed by atoms with Crippen molar-refractivity contribution in [3.8, 4) is 0 Å². The number of pyridine rings is 1. The molecule has 0 amide bonds. The van der Waals surface area contributed by atoms with Crippen LogP contribution >= 0.6 is 0 Å². The first-order valence-corrected chi connectivity index (χ1v) is 8.16. The number of rotatable bonds is 4. The Morgan fingerprint density at radius 3 is 2.86 bits per heavy atom. The van der Waals surface area contributed by atoms with Crippen molar-refractivity contribution in [2.45, 2.75) is 33.4 Å². The molecule has 2 aromatic rings. The zero-order chi connectivity index (χ0) is 15.4. The molecule has 22 heavy (non-hydrogen) atoms. The Morgan fingerprint density at radius 2 is 2.09 bits per heavy atom. The largest absolute Gasteiger partial charge is 0.370 e. The Balaban J connectivity index is 1.60. The van der Waals surface area contributed by atoms with E-state index in [1.165, 1.54) is 17.7 Å². The first-order chi connectivity index (χ1) is 10.7. The number of nitrogens with zero attached hydrogens (tertiary/aromatic N) is 5. The summed E-state index contributed by atoms with van der Waals surface area (Å²) < 4.78 is 2.00. The molecule has 1 saturated heterocycles. The van der Waals surface area contributed by atoms with Crippen molar-refractivity contribution >= 4 is 5.69 Å². The molecule has 118 valence electrons. The molecule has 0 spiro atoms. The van der Waals surface area contributed by atoms with Gasteiger partial charge < -0.3 is 4.90 Å². The van der Waals surface area contributed by atoms with Crippen molar-refractivity contribution in [1.29, 1.82) is 0 Å². The predicted molar refractivity (Wildman–Crippen MR) is 89.0 cm³/mol. The zero-order valence-electron chi connectivity index (χ0n) is 13.6. The van der Waals surface area contributed by atoms with E-state index in [2.05, 4.69) is 52.1 Å². The maximum absolute atomic E-state index is 4.37. The molecule has 1 aliphatic rings. The van der Waals surface area contributed by atoms with E-state index in [0.717, 1.165) is 45.0 Å². The smallest absolute Gasteiger partial charge is 0.0534 e. The summed E-state index contributed by atoms with van der Waals surface area (Å²) in [6, 6.07) is 4.30. The summed E-state index contributed by atoms with van der Waals surface area (Å²) in [6.07, 6.45) is 7.27. The zero-order valence-corrected chi connectivity index (χ0v) is 13.6. The van der Waals surface area contributed by atoms with Crippen LogP contribution in [0.1, 0.15) is 24.6 Å². The Hall–Kier alpha value is -1.88. The average Bonchev–Trinajstić information content (AvgIpc) is 2.84. The first-order valence-electron chi connectivity index (χ1n) is 8.16. The molecular formula is C17H25N5. The second-order valence-corrected chi connectivity index (χ2v) is 5.98. The van der Waals surface area contributed by atoms with Crippen LogP contribution in [0.15, 0.2) is 30.7 Å². The van der Waals surface area contributed by atoms with E-state index in [0.29, 0.717) is 0 Å². The van der Waals surface area contributed by atoms with Gasteiger partial charge in [-0.3, -0.25) is 14.6 Å². The number of hydrogen-bond donors (Lipinski definition) is 0. The van der Waals surface area contributed by atoms with Gasteiger partial charge in [0, 0.05) is 68.6 Å². The third-order valence-corrected chi connectivity index (χ3v) is 4.25. The minimum Gasteiger partial charge on any atom is -0.370 e. The first kappa shape index (κ1) is 15.0. The van der Waals surface area contributed by atoms with Crippen LogP contribution in [-0.4, -0.2) is 45.8 Å². The van der Waals surface area contributed by atoms with E-state index in [9.17, 15) is 0 Å². The summed E-state index contributed by atoms with van der Waals surface area (Å²) >= 11 is 0. The molecule has 0 atom stereocenters. The summed E-state index contributed by atoms with van der Waals surface area (Å²) in [5, 5.41) is 4.37. The van der Waals surface area contributed by atoms with Crippen molar-refractivity contribution in [1.82, 2.24) is 19.7 Å². The van der Waals surface area contributed by atoms with Crippen LogP contribution in [-0.2, 0) is 13.1 Å². The fourth-order valence-corrected chi connectivity index (χ4v) is 3.03. The van der Waals surface area contributed by atoms with E-state index in [1.807, 2.05) is 17.1 Å². The minimum absolute atomic E-state index is 0.940. The van der Waals surface area contributed by atoms with Crippen LogP contribution in [0.5, 0.6) is 0 Å². The summed E-state index contributed by atoms with van der Waals surface area (Å²) in [4.78, 5) is 9.30. The van der Waals surface area contributed by atoms with E-state index in [4.69, 9.17) is 0 Å². The second kappa shape index (κ2) is 6.92. The molecule has 5 nitrogen and oxygen atoms in total. The lowest BCUT2D eigenvalue weighted by Crippen LogP contribution is -2.30. The maximum atomic E-state index is 4.37. The highest BCUT2D eigenvalue weighted by atomic mass is 15.3. The fraction of sp³-hybridized carbons (Fsp3) is 0.529. The summed E-state index contributed by atoms with van der Waals surface area (Å²) in [6.45, 7) is 10.6. The van der Waals surface area contributed by atoms with Gasteiger partial charge >= 0.3 is 0 Å². The molecule has 0 saturated carbocycles. The third kappa shape index (κ3) is 3.65. The lowest BCUT2D eigenvalue weighted by atomic mass is 10.3. The van der Waals surface area contributed by atoms with Crippen LogP contribution < -0.4 is 4.90 Å². The highest BCUT2D eigenvalue weighted by molar-refractivity contribution is 5.46. The van der Waals surface area contributed by atoms with Crippen molar-refractivity contribution in [2.75, 3.05) is 31.1 Å². The molecule has 0 N–H and O–H groups in total. The van der Waals surface area contributed by atoms with Crippen molar-refractivity contribution < 1.29 is 0 Å². The Bertz CT molecular complexity index is 607. The van der Waals surface area contributed by atoms with Crippen molar-refractivity contribution in [2.24, 2.45) is 0 Å². The third-order valence-electron chi connectivity index (χ3n) is 4.25. The number of aromatic nitrogens is 3. The number of hydrogen-bond acceptors (Lipinski definition) is 4. The summed E-state index contributed by atoms with van der Waals surface area (Å²) in [7, 11) is 0. The van der Waals surface area contributed by atoms with Crippen LogP contribution in [0.2, 0.25) is 0 Å². The average molecular weight is 299 g/mol. The van der Waals surface area contributed by atoms with Crippen LogP contribution in [0.25, 0.3) is 0 Å². The Labute approximate surface area is 132 Å². The molecule has 0 unspecified atom stereocenters. The molecule has 0 bridgehead atoms. The van der Waals surface area contributed by atoms with Gasteiger partial charge in [0.25, 0.3) is 0 Å². The van der Waals surface area contributed by atoms with Gasteiger partial charge in [0.2, 0.25) is 0 Å². The van der Waals surface area contributed by atoms with Gasteiger partial charge in [-0.25, -0.2) is 0 Å². The van der Waals surface area contributed by atoms with Gasteiger partial charge in [0.1, 0.15) is 0 Å². The molecule has 0 aliphatic carbocycles. The highest BCUT2D eigenvalue weighted by Crippen LogP contribution is 2.17. The lowest BCUT2D eigenvalue weighted by Gasteiger charge is -2.23. The highest BCUT2D eigenvalue weighted by Gasteiger charge is 2.16. The monoisotopic (exact) mass is 299 g/mol. The Kier molecular flexibility index (Phi) is 4.73. The molecule has 1 fully saturated rings. The predicted octanol–water partition coefficient (Wildman–Crippen LogP) is 2.32. The lowest BCUT2D eigenvalue weighted by molar-refractivity contribution is 0.285. The second-order valence-electron chi connectivity index (χ2n) is 5.98. The van der Waals surface area contributed by atoms with Gasteiger partial charge in [-0.2, -0.15) is 5.10 Å². The molecule has 3 rings (SSSR count). The molecule has 1 aliphatic heterocycles.